The van der Waals surface area contributed by atoms with Crippen molar-refractivity contribution < 1.29 is 14.7 Å². The Labute approximate surface area is 124 Å². The van der Waals surface area contributed by atoms with E-state index in [0.29, 0.717) is 5.56 Å². The zero-order valence-corrected chi connectivity index (χ0v) is 12.3. The van der Waals surface area contributed by atoms with E-state index < -0.39 is 5.97 Å². The number of aliphatic carboxylic acids is 1. The van der Waals surface area contributed by atoms with E-state index in [9.17, 15) is 9.59 Å². The quantitative estimate of drug-likeness (QED) is 0.871. The lowest BCUT2D eigenvalue weighted by Crippen LogP contribution is -2.35. The van der Waals surface area contributed by atoms with Crippen molar-refractivity contribution in [1.82, 2.24) is 15.1 Å². The highest BCUT2D eigenvalue weighted by molar-refractivity contribution is 5.93. The normalized spacial score (nSPS) is 17.0. The molecular weight excluding hydrogens is 270 g/mol. The van der Waals surface area contributed by atoms with Crippen LogP contribution in [0.25, 0.3) is 0 Å². The molecule has 2 rings (SSSR count). The minimum absolute atomic E-state index is 0.00532. The summed E-state index contributed by atoms with van der Waals surface area (Å²) in [5, 5.41) is 15.7. The fourth-order valence-electron chi connectivity index (χ4n) is 2.68. The van der Waals surface area contributed by atoms with Crippen LogP contribution in [-0.2, 0) is 11.3 Å². The Hall–Kier alpha value is -1.85. The van der Waals surface area contributed by atoms with Crippen LogP contribution in [0.5, 0.6) is 0 Å². The fraction of sp³-hybridized carbons (Fsp3) is 0.667. The minimum atomic E-state index is -0.869. The van der Waals surface area contributed by atoms with Crippen molar-refractivity contribution in [2.24, 2.45) is 0 Å². The second-order valence-electron chi connectivity index (χ2n) is 5.65. The highest BCUT2D eigenvalue weighted by atomic mass is 16.4. The average Bonchev–Trinajstić information content (AvgIpc) is 2.88. The van der Waals surface area contributed by atoms with Gasteiger partial charge in [0, 0.05) is 12.2 Å². The second kappa shape index (κ2) is 7.81. The number of carboxylic acids is 1. The first-order chi connectivity index (χ1) is 10.1. The van der Waals surface area contributed by atoms with Crippen molar-refractivity contribution in [2.75, 3.05) is 0 Å². The summed E-state index contributed by atoms with van der Waals surface area (Å²) in [6.45, 7) is 0.284. The molecule has 1 amide bonds. The van der Waals surface area contributed by atoms with Crippen LogP contribution in [0.1, 0.15) is 61.7 Å². The van der Waals surface area contributed by atoms with Gasteiger partial charge in [0.25, 0.3) is 5.91 Å². The van der Waals surface area contributed by atoms with Gasteiger partial charge < -0.3 is 10.4 Å². The predicted octanol–water partition coefficient (Wildman–Crippen LogP) is 2.20. The zero-order valence-electron chi connectivity index (χ0n) is 12.3. The van der Waals surface area contributed by atoms with Crippen molar-refractivity contribution in [1.29, 1.82) is 0 Å². The molecule has 0 bridgehead atoms. The van der Waals surface area contributed by atoms with Gasteiger partial charge in [-0.25, -0.2) is 0 Å². The molecule has 116 valence electrons. The molecule has 2 N–H and O–H groups in total. The van der Waals surface area contributed by atoms with E-state index in [0.717, 1.165) is 12.8 Å². The lowest BCUT2D eigenvalue weighted by molar-refractivity contribution is -0.137. The number of nitrogens with zero attached hydrogens (tertiary/aromatic N) is 2. The first kappa shape index (κ1) is 15.5. The molecule has 6 nitrogen and oxygen atoms in total. The number of aromatic nitrogens is 2. The smallest absolute Gasteiger partial charge is 0.305 e. The molecule has 1 aromatic rings. The van der Waals surface area contributed by atoms with E-state index in [1.807, 2.05) is 0 Å². The van der Waals surface area contributed by atoms with Crippen LogP contribution in [0.4, 0.5) is 0 Å². The summed E-state index contributed by atoms with van der Waals surface area (Å²) in [6, 6.07) is 0.250. The van der Waals surface area contributed by atoms with Gasteiger partial charge in [0.15, 0.2) is 0 Å². The van der Waals surface area contributed by atoms with E-state index in [4.69, 9.17) is 5.11 Å². The standard InChI is InChI=1S/C15H23N3O3/c19-14(20)8-9-18-11-12(10-16-18)15(21)17-13-6-4-2-1-3-5-7-13/h10-11,13H,1-9H2,(H,17,21)(H,19,20). The number of amides is 1. The first-order valence-electron chi connectivity index (χ1n) is 7.70. The average molecular weight is 293 g/mol. The monoisotopic (exact) mass is 293 g/mol. The summed E-state index contributed by atoms with van der Waals surface area (Å²) in [5.74, 6) is -0.979. The Kier molecular flexibility index (Phi) is 5.78. The van der Waals surface area contributed by atoms with Gasteiger partial charge in [0.05, 0.1) is 24.7 Å². The third kappa shape index (κ3) is 5.21. The highest BCUT2D eigenvalue weighted by Gasteiger charge is 2.16. The van der Waals surface area contributed by atoms with Gasteiger partial charge in [-0.2, -0.15) is 5.10 Å². The number of carbonyl (C=O) groups excluding carboxylic acids is 1. The maximum Gasteiger partial charge on any atom is 0.305 e. The van der Waals surface area contributed by atoms with Crippen LogP contribution in [0.3, 0.4) is 0 Å². The molecule has 1 aromatic heterocycles. The van der Waals surface area contributed by atoms with Crippen molar-refractivity contribution in [3.8, 4) is 0 Å². The summed E-state index contributed by atoms with van der Waals surface area (Å²) in [7, 11) is 0. The Balaban J connectivity index is 1.85. The maximum absolute atomic E-state index is 12.2. The van der Waals surface area contributed by atoms with Crippen LogP contribution < -0.4 is 5.32 Å². The molecule has 1 saturated carbocycles. The van der Waals surface area contributed by atoms with Gasteiger partial charge in [-0.3, -0.25) is 14.3 Å². The Morgan fingerprint density at radius 3 is 2.57 bits per heavy atom. The maximum atomic E-state index is 12.2. The molecule has 0 radical (unpaired) electrons. The van der Waals surface area contributed by atoms with Crippen LogP contribution in [0.15, 0.2) is 12.4 Å². The van der Waals surface area contributed by atoms with E-state index in [2.05, 4.69) is 10.4 Å². The van der Waals surface area contributed by atoms with E-state index in [-0.39, 0.29) is 24.9 Å². The number of hydrogen-bond acceptors (Lipinski definition) is 3. The molecule has 1 fully saturated rings. The third-order valence-corrected chi connectivity index (χ3v) is 3.89. The molecule has 0 saturated heterocycles. The zero-order chi connectivity index (χ0) is 15.1. The Morgan fingerprint density at radius 1 is 1.24 bits per heavy atom. The summed E-state index contributed by atoms with van der Waals surface area (Å²) >= 11 is 0. The summed E-state index contributed by atoms with van der Waals surface area (Å²) in [4.78, 5) is 22.7. The van der Waals surface area contributed by atoms with Gasteiger partial charge in [-0.15, -0.1) is 0 Å². The molecule has 1 aliphatic rings. The van der Waals surface area contributed by atoms with E-state index in [1.54, 1.807) is 6.20 Å². The molecular formula is C15H23N3O3. The SMILES string of the molecule is O=C(O)CCn1cc(C(=O)NC2CCCCCCC2)cn1. The number of hydrogen-bond donors (Lipinski definition) is 2. The number of carboxylic acid groups (broad SMARTS) is 1. The predicted molar refractivity (Wildman–Crippen MR) is 78.1 cm³/mol. The van der Waals surface area contributed by atoms with Gasteiger partial charge in [-0.05, 0) is 12.8 Å². The third-order valence-electron chi connectivity index (χ3n) is 3.89. The molecule has 1 aliphatic carbocycles. The number of rotatable bonds is 5. The van der Waals surface area contributed by atoms with E-state index >= 15 is 0 Å². The number of carbonyl (C=O) groups is 2. The summed E-state index contributed by atoms with van der Waals surface area (Å²) < 4.78 is 1.50. The second-order valence-corrected chi connectivity index (χ2v) is 5.65. The van der Waals surface area contributed by atoms with Crippen molar-refractivity contribution >= 4 is 11.9 Å². The van der Waals surface area contributed by atoms with Gasteiger partial charge in [-0.1, -0.05) is 32.1 Å². The summed E-state index contributed by atoms with van der Waals surface area (Å²) in [5.41, 5.74) is 0.502. The Bertz CT molecular complexity index is 476. The van der Waals surface area contributed by atoms with Crippen LogP contribution in [-0.4, -0.2) is 32.8 Å². The molecule has 1 heterocycles. The highest BCUT2D eigenvalue weighted by Crippen LogP contribution is 2.17. The fourth-order valence-corrected chi connectivity index (χ4v) is 2.68. The lowest BCUT2D eigenvalue weighted by Gasteiger charge is -2.20. The molecule has 21 heavy (non-hydrogen) atoms. The molecule has 6 heteroatoms. The number of aryl methyl sites for hydroxylation is 1. The Morgan fingerprint density at radius 2 is 1.90 bits per heavy atom. The molecule has 0 aromatic carbocycles. The van der Waals surface area contributed by atoms with Crippen LogP contribution >= 0.6 is 0 Å². The topological polar surface area (TPSA) is 84.2 Å². The van der Waals surface area contributed by atoms with Crippen molar-refractivity contribution in [2.45, 2.75) is 64.0 Å². The minimum Gasteiger partial charge on any atom is -0.481 e. The largest absolute Gasteiger partial charge is 0.481 e. The lowest BCUT2D eigenvalue weighted by atomic mass is 9.96. The van der Waals surface area contributed by atoms with Crippen molar-refractivity contribution in [3.05, 3.63) is 18.0 Å². The molecule has 0 atom stereocenters. The molecule has 0 spiro atoms. The van der Waals surface area contributed by atoms with Crippen LogP contribution in [0.2, 0.25) is 0 Å². The van der Waals surface area contributed by atoms with E-state index in [1.165, 1.54) is 43.0 Å². The van der Waals surface area contributed by atoms with Crippen molar-refractivity contribution in [3.63, 3.8) is 0 Å². The van der Waals surface area contributed by atoms with Gasteiger partial charge in [0.2, 0.25) is 0 Å². The van der Waals surface area contributed by atoms with Crippen LogP contribution in [0, 0.1) is 0 Å². The molecule has 0 aliphatic heterocycles. The summed E-state index contributed by atoms with van der Waals surface area (Å²) in [6.07, 6.45) is 11.3. The van der Waals surface area contributed by atoms with Gasteiger partial charge in [0.1, 0.15) is 0 Å². The van der Waals surface area contributed by atoms with Gasteiger partial charge >= 0.3 is 5.97 Å². The molecule has 0 unspecified atom stereocenters. The first-order valence-corrected chi connectivity index (χ1v) is 7.70. The number of nitrogens with one attached hydrogen (secondary N) is 1.